The Morgan fingerprint density at radius 1 is 0.921 bits per heavy atom. The van der Waals surface area contributed by atoms with Crippen LogP contribution in [0.3, 0.4) is 0 Å². The molecule has 1 amide bonds. The minimum Gasteiger partial charge on any atom is -0.508 e. The summed E-state index contributed by atoms with van der Waals surface area (Å²) in [6.45, 7) is 1.38. The number of hydrogen-bond acceptors (Lipinski definition) is 10. The van der Waals surface area contributed by atoms with E-state index in [-0.39, 0.29) is 33.8 Å². The Morgan fingerprint density at radius 2 is 1.63 bits per heavy atom. The molecule has 0 bridgehead atoms. The molecule has 1 aromatic heterocycles. The Kier molecular flexibility index (Phi) is 6.93. The van der Waals surface area contributed by atoms with Crippen molar-refractivity contribution >= 4 is 28.9 Å². The van der Waals surface area contributed by atoms with Gasteiger partial charge in [-0.05, 0) is 48.9 Å². The first-order valence-corrected chi connectivity index (χ1v) is 11.1. The Labute approximate surface area is 214 Å². The van der Waals surface area contributed by atoms with Gasteiger partial charge in [-0.15, -0.1) is 0 Å². The van der Waals surface area contributed by atoms with Gasteiger partial charge in [-0.3, -0.25) is 9.59 Å². The summed E-state index contributed by atoms with van der Waals surface area (Å²) >= 11 is 0. The molecule has 0 spiro atoms. The second-order valence-corrected chi connectivity index (χ2v) is 8.20. The lowest BCUT2D eigenvalue weighted by atomic mass is 10.1. The van der Waals surface area contributed by atoms with Gasteiger partial charge in [-0.1, -0.05) is 12.1 Å². The van der Waals surface area contributed by atoms with E-state index in [1.807, 2.05) is 0 Å². The van der Waals surface area contributed by atoms with E-state index in [1.54, 1.807) is 12.1 Å². The largest absolute Gasteiger partial charge is 0.508 e. The lowest BCUT2D eigenvalue weighted by Gasteiger charge is -2.13. The molecule has 0 saturated heterocycles. The molecule has 1 unspecified atom stereocenters. The van der Waals surface area contributed by atoms with Crippen LogP contribution >= 0.6 is 0 Å². The number of carbonyl (C=O) groups excluding carboxylic acids is 2. The van der Waals surface area contributed by atoms with Crippen molar-refractivity contribution in [2.24, 2.45) is 0 Å². The number of rotatable bonds is 6. The molecule has 0 radical (unpaired) electrons. The third-order valence-corrected chi connectivity index (χ3v) is 5.41. The monoisotopic (exact) mass is 519 g/mol. The Balaban J connectivity index is 1.55. The fourth-order valence-corrected chi connectivity index (χ4v) is 3.47. The highest BCUT2D eigenvalue weighted by Crippen LogP contribution is 2.38. The number of phenolic OH excluding ortho intramolecular Hbond substituents is 4. The molecular weight excluding hydrogens is 498 g/mol. The molecule has 1 heterocycles. The summed E-state index contributed by atoms with van der Waals surface area (Å²) in [4.78, 5) is 37.4. The zero-order valence-electron chi connectivity index (χ0n) is 19.7. The molecule has 0 aliphatic heterocycles. The van der Waals surface area contributed by atoms with Crippen LogP contribution in [0.1, 0.15) is 12.5 Å². The van der Waals surface area contributed by atoms with Crippen molar-refractivity contribution < 1.29 is 44.3 Å². The molecular formula is C27H21NO10. The van der Waals surface area contributed by atoms with Crippen molar-refractivity contribution in [3.8, 4) is 45.8 Å². The summed E-state index contributed by atoms with van der Waals surface area (Å²) in [7, 11) is 0. The van der Waals surface area contributed by atoms with Crippen molar-refractivity contribution in [1.82, 2.24) is 5.32 Å². The molecule has 11 heteroatoms. The maximum absolute atomic E-state index is 12.7. The minimum atomic E-state index is -1.10. The zero-order valence-corrected chi connectivity index (χ0v) is 19.7. The summed E-state index contributed by atoms with van der Waals surface area (Å²) in [6, 6.07) is 10.6. The molecule has 11 nitrogen and oxygen atoms in total. The van der Waals surface area contributed by atoms with Crippen LogP contribution in [0, 0.1) is 0 Å². The van der Waals surface area contributed by atoms with Crippen LogP contribution in [0.4, 0.5) is 0 Å². The molecule has 4 aromatic rings. The van der Waals surface area contributed by atoms with Gasteiger partial charge < -0.3 is 40.0 Å². The maximum Gasteiger partial charge on any atom is 0.333 e. The molecule has 4 rings (SSSR count). The molecule has 0 aliphatic carbocycles. The molecule has 38 heavy (non-hydrogen) atoms. The van der Waals surface area contributed by atoms with E-state index in [1.165, 1.54) is 37.3 Å². The van der Waals surface area contributed by atoms with Gasteiger partial charge in [-0.25, -0.2) is 4.79 Å². The fourth-order valence-electron chi connectivity index (χ4n) is 3.47. The van der Waals surface area contributed by atoms with Gasteiger partial charge >= 0.3 is 5.97 Å². The van der Waals surface area contributed by atoms with Crippen LogP contribution in [0.5, 0.6) is 34.5 Å². The van der Waals surface area contributed by atoms with Crippen LogP contribution < -0.4 is 15.5 Å². The van der Waals surface area contributed by atoms with Gasteiger partial charge in [0.15, 0.2) is 17.3 Å². The summed E-state index contributed by atoms with van der Waals surface area (Å²) in [5.41, 5.74) is -0.526. The van der Waals surface area contributed by atoms with Crippen molar-refractivity contribution in [1.29, 1.82) is 0 Å². The van der Waals surface area contributed by atoms with Crippen molar-refractivity contribution in [3.63, 3.8) is 0 Å². The van der Waals surface area contributed by atoms with Gasteiger partial charge in [0.25, 0.3) is 0 Å². The van der Waals surface area contributed by atoms with Gasteiger partial charge in [-0.2, -0.15) is 0 Å². The summed E-state index contributed by atoms with van der Waals surface area (Å²) in [5.74, 6) is -4.41. The van der Waals surface area contributed by atoms with E-state index in [9.17, 15) is 39.9 Å². The number of phenols is 4. The van der Waals surface area contributed by atoms with E-state index < -0.39 is 46.3 Å². The first kappa shape index (κ1) is 25.6. The molecule has 3 aromatic carbocycles. The quantitative estimate of drug-likeness (QED) is 0.0956. The topological polar surface area (TPSA) is 187 Å². The van der Waals surface area contributed by atoms with Gasteiger partial charge in [0, 0.05) is 23.8 Å². The molecule has 0 aliphatic rings. The smallest absolute Gasteiger partial charge is 0.333 e. The SMILES string of the molecule is CC(NC(=O)/C=C/c1ccc(O)cc1)C(=O)Oc1cc(O)c2c(=O)c(O)c(-c3ccc(O)c(O)c3)oc2c1. The lowest BCUT2D eigenvalue weighted by Crippen LogP contribution is -2.40. The van der Waals surface area contributed by atoms with E-state index in [0.29, 0.717) is 5.56 Å². The van der Waals surface area contributed by atoms with Crippen LogP contribution in [-0.4, -0.2) is 43.5 Å². The van der Waals surface area contributed by atoms with Crippen LogP contribution in [0.15, 0.2) is 69.9 Å². The van der Waals surface area contributed by atoms with E-state index in [0.717, 1.165) is 24.3 Å². The molecule has 0 saturated carbocycles. The number of aromatic hydroxyl groups is 5. The van der Waals surface area contributed by atoms with Crippen molar-refractivity contribution in [3.05, 3.63) is 76.5 Å². The number of ether oxygens (including phenoxy) is 1. The third-order valence-electron chi connectivity index (χ3n) is 5.41. The first-order valence-electron chi connectivity index (χ1n) is 11.1. The van der Waals surface area contributed by atoms with E-state index >= 15 is 0 Å². The average molecular weight is 519 g/mol. The molecule has 194 valence electrons. The van der Waals surface area contributed by atoms with Crippen molar-refractivity contribution in [2.45, 2.75) is 13.0 Å². The Morgan fingerprint density at radius 3 is 2.32 bits per heavy atom. The number of esters is 1. The first-order chi connectivity index (χ1) is 18.0. The third kappa shape index (κ3) is 5.36. The predicted octanol–water partition coefficient (Wildman–Crippen LogP) is 3.11. The second kappa shape index (κ2) is 10.3. The molecule has 1 atom stereocenters. The second-order valence-electron chi connectivity index (χ2n) is 8.20. The maximum atomic E-state index is 12.7. The van der Waals surface area contributed by atoms with Crippen LogP contribution in [-0.2, 0) is 9.59 Å². The highest BCUT2D eigenvalue weighted by atomic mass is 16.5. The number of nitrogens with one attached hydrogen (secondary N) is 1. The predicted molar refractivity (Wildman–Crippen MR) is 135 cm³/mol. The minimum absolute atomic E-state index is 0.0513. The number of fused-ring (bicyclic) bond motifs is 1. The van der Waals surface area contributed by atoms with E-state index in [4.69, 9.17) is 9.15 Å². The van der Waals surface area contributed by atoms with Crippen molar-refractivity contribution in [2.75, 3.05) is 0 Å². The fraction of sp³-hybridized carbons (Fsp3) is 0.0741. The van der Waals surface area contributed by atoms with Crippen LogP contribution in [0.2, 0.25) is 0 Å². The summed E-state index contributed by atoms with van der Waals surface area (Å²) in [6.07, 6.45) is 2.68. The highest BCUT2D eigenvalue weighted by Gasteiger charge is 2.22. The summed E-state index contributed by atoms with van der Waals surface area (Å²) < 4.78 is 10.8. The normalized spacial score (nSPS) is 11.9. The van der Waals surface area contributed by atoms with Gasteiger partial charge in [0.2, 0.25) is 17.1 Å². The Bertz CT molecular complexity index is 1640. The average Bonchev–Trinajstić information content (AvgIpc) is 2.87. The highest BCUT2D eigenvalue weighted by molar-refractivity contribution is 5.95. The standard InChI is InChI=1S/C27H21NO10/c1-13(28-22(33)9-4-14-2-6-16(29)7-3-14)27(36)37-17-11-20(32)23-21(12-17)38-26(25(35)24(23)34)15-5-8-18(30)19(31)10-15/h2-13,29-32,35H,1H3,(H,28,33)/b9-4+. The number of hydrogen-bond donors (Lipinski definition) is 6. The molecule has 0 fully saturated rings. The summed E-state index contributed by atoms with van der Waals surface area (Å²) in [5, 5.41) is 51.3. The van der Waals surface area contributed by atoms with Crippen LogP contribution in [0.25, 0.3) is 28.4 Å². The lowest BCUT2D eigenvalue weighted by molar-refractivity contribution is -0.138. The number of amides is 1. The van der Waals surface area contributed by atoms with Gasteiger partial charge in [0.1, 0.15) is 34.3 Å². The van der Waals surface area contributed by atoms with E-state index in [2.05, 4.69) is 5.32 Å². The Hall–Kier alpha value is -5.45. The number of carbonyl (C=O) groups is 2. The molecule has 6 N–H and O–H groups in total. The zero-order chi connectivity index (χ0) is 27.6. The number of benzene rings is 3. The van der Waals surface area contributed by atoms with Gasteiger partial charge in [0.05, 0.1) is 0 Å².